The zero-order valence-electron chi connectivity index (χ0n) is 9.37. The van der Waals surface area contributed by atoms with Gasteiger partial charge in [0.15, 0.2) is 6.29 Å². The normalized spacial score (nSPS) is 21.3. The zero-order valence-corrected chi connectivity index (χ0v) is 9.37. The van der Waals surface area contributed by atoms with Crippen molar-refractivity contribution >= 4 is 5.97 Å². The van der Waals surface area contributed by atoms with Crippen LogP contribution in [0.2, 0.25) is 0 Å². The summed E-state index contributed by atoms with van der Waals surface area (Å²) in [6.45, 7) is 3.29. The van der Waals surface area contributed by atoms with Crippen molar-refractivity contribution in [2.45, 2.75) is 45.3 Å². The fourth-order valence-electron chi connectivity index (χ4n) is 1.38. The molecule has 0 radical (unpaired) electrons. The van der Waals surface area contributed by atoms with Crippen molar-refractivity contribution in [1.29, 1.82) is 0 Å². The average Bonchev–Trinajstić information content (AvgIpc) is 2.28. The first-order valence-electron chi connectivity index (χ1n) is 5.71. The molecule has 0 aromatic rings. The Labute approximate surface area is 90.9 Å². The van der Waals surface area contributed by atoms with Crippen LogP contribution in [0.25, 0.3) is 0 Å². The molecule has 0 bridgehead atoms. The Morgan fingerprint density at radius 3 is 3.00 bits per heavy atom. The van der Waals surface area contributed by atoms with Crippen LogP contribution in [-0.4, -0.2) is 32.1 Å². The molecule has 0 spiro atoms. The smallest absolute Gasteiger partial charge is 0.332 e. The largest absolute Gasteiger partial charge is 0.464 e. The maximum Gasteiger partial charge on any atom is 0.332 e. The molecule has 1 aliphatic rings. The Hall–Kier alpha value is -0.610. The van der Waals surface area contributed by atoms with E-state index in [2.05, 4.69) is 6.92 Å². The molecule has 4 heteroatoms. The van der Waals surface area contributed by atoms with Gasteiger partial charge in [-0.15, -0.1) is 0 Å². The van der Waals surface area contributed by atoms with E-state index in [0.717, 1.165) is 38.7 Å². The molecule has 1 atom stereocenters. The highest BCUT2D eigenvalue weighted by Gasteiger charge is 2.15. The SMILES string of the molecule is CCCCOC(=O)COC1CCCCO1. The summed E-state index contributed by atoms with van der Waals surface area (Å²) in [5.41, 5.74) is 0. The maximum absolute atomic E-state index is 11.2. The van der Waals surface area contributed by atoms with Crippen molar-refractivity contribution in [1.82, 2.24) is 0 Å². The minimum absolute atomic E-state index is 0.00831. The standard InChI is InChI=1S/C11H20O4/c1-2-3-7-13-10(12)9-15-11-6-4-5-8-14-11/h11H,2-9H2,1H3. The summed E-state index contributed by atoms with van der Waals surface area (Å²) in [7, 11) is 0. The monoisotopic (exact) mass is 216 g/mol. The maximum atomic E-state index is 11.2. The van der Waals surface area contributed by atoms with Gasteiger partial charge in [0.05, 0.1) is 6.61 Å². The molecule has 1 fully saturated rings. The topological polar surface area (TPSA) is 44.8 Å². The minimum Gasteiger partial charge on any atom is -0.464 e. The van der Waals surface area contributed by atoms with Gasteiger partial charge in [0.1, 0.15) is 6.61 Å². The first kappa shape index (κ1) is 12.5. The third-order valence-electron chi connectivity index (χ3n) is 2.29. The Morgan fingerprint density at radius 1 is 1.47 bits per heavy atom. The molecule has 1 rings (SSSR count). The third-order valence-corrected chi connectivity index (χ3v) is 2.29. The lowest BCUT2D eigenvalue weighted by Gasteiger charge is -2.22. The second kappa shape index (κ2) is 7.65. The third kappa shape index (κ3) is 5.74. The van der Waals surface area contributed by atoms with E-state index in [0.29, 0.717) is 6.61 Å². The van der Waals surface area contributed by atoms with E-state index in [4.69, 9.17) is 14.2 Å². The predicted molar refractivity (Wildman–Crippen MR) is 55.4 cm³/mol. The summed E-state index contributed by atoms with van der Waals surface area (Å²) in [6.07, 6.45) is 4.79. The van der Waals surface area contributed by atoms with Gasteiger partial charge in [-0.25, -0.2) is 4.79 Å². The van der Waals surface area contributed by atoms with E-state index in [-0.39, 0.29) is 18.9 Å². The molecule has 1 saturated heterocycles. The Bertz CT molecular complexity index is 175. The van der Waals surface area contributed by atoms with Crippen molar-refractivity contribution < 1.29 is 19.0 Å². The van der Waals surface area contributed by atoms with Crippen LogP contribution in [0.4, 0.5) is 0 Å². The summed E-state index contributed by atoms with van der Waals surface area (Å²) in [4.78, 5) is 11.2. The lowest BCUT2D eigenvalue weighted by atomic mass is 10.2. The molecular formula is C11H20O4. The minimum atomic E-state index is -0.294. The molecule has 0 saturated carbocycles. The van der Waals surface area contributed by atoms with Gasteiger partial charge in [-0.2, -0.15) is 0 Å². The fourth-order valence-corrected chi connectivity index (χ4v) is 1.38. The number of unbranched alkanes of at least 4 members (excludes halogenated alkanes) is 1. The molecule has 1 aliphatic heterocycles. The van der Waals surface area contributed by atoms with Gasteiger partial charge in [0.25, 0.3) is 0 Å². The van der Waals surface area contributed by atoms with E-state index in [1.807, 2.05) is 0 Å². The second-order valence-corrected chi connectivity index (χ2v) is 3.68. The summed E-state index contributed by atoms with van der Waals surface area (Å²) in [5, 5.41) is 0. The molecule has 88 valence electrons. The molecule has 0 amide bonds. The Balaban J connectivity index is 2.00. The van der Waals surface area contributed by atoms with E-state index in [1.54, 1.807) is 0 Å². The molecule has 0 aliphatic carbocycles. The molecule has 15 heavy (non-hydrogen) atoms. The summed E-state index contributed by atoms with van der Waals surface area (Å²) < 4.78 is 15.6. The summed E-state index contributed by atoms with van der Waals surface area (Å²) in [6, 6.07) is 0. The van der Waals surface area contributed by atoms with Crippen molar-refractivity contribution in [3.63, 3.8) is 0 Å². The number of hydrogen-bond donors (Lipinski definition) is 0. The van der Waals surface area contributed by atoms with Gasteiger partial charge in [0.2, 0.25) is 0 Å². The van der Waals surface area contributed by atoms with E-state index < -0.39 is 0 Å². The summed E-state index contributed by atoms with van der Waals surface area (Å²) in [5.74, 6) is -0.294. The van der Waals surface area contributed by atoms with E-state index in [1.165, 1.54) is 0 Å². The van der Waals surface area contributed by atoms with Crippen LogP contribution in [0, 0.1) is 0 Å². The first-order chi connectivity index (χ1) is 7.33. The molecule has 4 nitrogen and oxygen atoms in total. The van der Waals surface area contributed by atoms with Crippen LogP contribution in [0.15, 0.2) is 0 Å². The average molecular weight is 216 g/mol. The number of carbonyl (C=O) groups is 1. The highest BCUT2D eigenvalue weighted by atomic mass is 16.7. The molecule has 1 heterocycles. The van der Waals surface area contributed by atoms with Gasteiger partial charge in [-0.3, -0.25) is 0 Å². The molecule has 0 aromatic carbocycles. The fraction of sp³-hybridized carbons (Fsp3) is 0.909. The first-order valence-corrected chi connectivity index (χ1v) is 5.71. The van der Waals surface area contributed by atoms with Gasteiger partial charge < -0.3 is 14.2 Å². The van der Waals surface area contributed by atoms with Crippen LogP contribution < -0.4 is 0 Å². The van der Waals surface area contributed by atoms with Gasteiger partial charge in [-0.1, -0.05) is 13.3 Å². The lowest BCUT2D eigenvalue weighted by Crippen LogP contribution is -2.26. The van der Waals surface area contributed by atoms with E-state index >= 15 is 0 Å². The number of carbonyl (C=O) groups excluding carboxylic acids is 1. The van der Waals surface area contributed by atoms with Crippen molar-refractivity contribution in [2.24, 2.45) is 0 Å². The highest BCUT2D eigenvalue weighted by molar-refractivity contribution is 5.70. The molecular weight excluding hydrogens is 196 g/mol. The van der Waals surface area contributed by atoms with Gasteiger partial charge >= 0.3 is 5.97 Å². The van der Waals surface area contributed by atoms with Crippen molar-refractivity contribution in [2.75, 3.05) is 19.8 Å². The van der Waals surface area contributed by atoms with Crippen LogP contribution in [-0.2, 0) is 19.0 Å². The quantitative estimate of drug-likeness (QED) is 0.502. The number of hydrogen-bond acceptors (Lipinski definition) is 4. The molecule has 1 unspecified atom stereocenters. The van der Waals surface area contributed by atoms with Crippen LogP contribution in [0.1, 0.15) is 39.0 Å². The highest BCUT2D eigenvalue weighted by Crippen LogP contribution is 2.13. The molecule has 0 N–H and O–H groups in total. The van der Waals surface area contributed by atoms with E-state index in [9.17, 15) is 4.79 Å². The number of rotatable bonds is 6. The van der Waals surface area contributed by atoms with Gasteiger partial charge in [-0.05, 0) is 25.7 Å². The Morgan fingerprint density at radius 2 is 2.33 bits per heavy atom. The number of esters is 1. The van der Waals surface area contributed by atoms with Crippen molar-refractivity contribution in [3.8, 4) is 0 Å². The van der Waals surface area contributed by atoms with Crippen LogP contribution >= 0.6 is 0 Å². The second-order valence-electron chi connectivity index (χ2n) is 3.68. The lowest BCUT2D eigenvalue weighted by molar-refractivity contribution is -0.182. The predicted octanol–water partition coefficient (Wildman–Crippen LogP) is 1.87. The Kier molecular flexibility index (Phi) is 6.36. The van der Waals surface area contributed by atoms with Crippen LogP contribution in [0.5, 0.6) is 0 Å². The zero-order chi connectivity index (χ0) is 10.9. The number of ether oxygens (including phenoxy) is 3. The molecule has 0 aromatic heterocycles. The summed E-state index contributed by atoms with van der Waals surface area (Å²) >= 11 is 0. The van der Waals surface area contributed by atoms with Gasteiger partial charge in [0, 0.05) is 6.61 Å². The van der Waals surface area contributed by atoms with Crippen LogP contribution in [0.3, 0.4) is 0 Å². The van der Waals surface area contributed by atoms with Crippen molar-refractivity contribution in [3.05, 3.63) is 0 Å².